The number of hydrogen-bond acceptors (Lipinski definition) is 2. The molecule has 2 heteroatoms. The Bertz CT molecular complexity index is 591. The molecule has 1 atom stereocenters. The molecule has 2 aromatic carbocycles. The molecule has 0 amide bonds. The number of hydrogen-bond donors (Lipinski definition) is 2. The predicted molar refractivity (Wildman–Crippen MR) is 90.6 cm³/mol. The van der Waals surface area contributed by atoms with Crippen molar-refractivity contribution in [1.82, 2.24) is 5.32 Å². The fourth-order valence-corrected chi connectivity index (χ4v) is 2.65. The number of fused-ring (bicyclic) bond motifs is 1. The van der Waals surface area contributed by atoms with E-state index in [1.165, 1.54) is 16.3 Å². The highest BCUT2D eigenvalue weighted by atomic mass is 16.3. The zero-order valence-electron chi connectivity index (χ0n) is 13.6. The Morgan fingerprint density at radius 1 is 0.952 bits per heavy atom. The van der Waals surface area contributed by atoms with Crippen molar-refractivity contribution in [2.24, 2.45) is 0 Å². The lowest BCUT2D eigenvalue weighted by molar-refractivity contribution is 0.0503. The second-order valence-corrected chi connectivity index (χ2v) is 7.24. The molecule has 0 fully saturated rings. The Balaban J connectivity index is 2.08. The first-order valence-electron chi connectivity index (χ1n) is 7.71. The number of aliphatic hydroxyl groups is 1. The van der Waals surface area contributed by atoms with Crippen molar-refractivity contribution in [1.29, 1.82) is 0 Å². The van der Waals surface area contributed by atoms with Crippen LogP contribution in [0.25, 0.3) is 10.8 Å². The van der Waals surface area contributed by atoms with Gasteiger partial charge in [-0.3, -0.25) is 0 Å². The van der Waals surface area contributed by atoms with Crippen molar-refractivity contribution in [2.45, 2.75) is 51.7 Å². The van der Waals surface area contributed by atoms with Crippen molar-refractivity contribution in [3.8, 4) is 0 Å². The molecule has 21 heavy (non-hydrogen) atoms. The highest BCUT2D eigenvalue weighted by molar-refractivity contribution is 5.85. The molecule has 0 aliphatic heterocycles. The van der Waals surface area contributed by atoms with E-state index < -0.39 is 5.60 Å². The first-order valence-corrected chi connectivity index (χ1v) is 7.71. The maximum atomic E-state index is 10.7. The van der Waals surface area contributed by atoms with E-state index >= 15 is 0 Å². The number of benzene rings is 2. The Labute approximate surface area is 128 Å². The molecule has 2 rings (SSSR count). The van der Waals surface area contributed by atoms with Gasteiger partial charge in [0.25, 0.3) is 0 Å². The summed E-state index contributed by atoms with van der Waals surface area (Å²) in [6, 6.07) is 14.7. The highest BCUT2D eigenvalue weighted by Crippen LogP contribution is 2.24. The summed E-state index contributed by atoms with van der Waals surface area (Å²) < 4.78 is 0. The molecule has 0 radical (unpaired) electrons. The molecule has 0 aliphatic rings. The van der Waals surface area contributed by atoms with Crippen LogP contribution in [0.3, 0.4) is 0 Å². The van der Waals surface area contributed by atoms with E-state index in [4.69, 9.17) is 0 Å². The maximum Gasteiger partial charge on any atom is 0.0672 e. The summed E-state index contributed by atoms with van der Waals surface area (Å²) in [4.78, 5) is 0. The zero-order chi connectivity index (χ0) is 15.5. The van der Waals surface area contributed by atoms with Crippen LogP contribution in [0.2, 0.25) is 0 Å². The monoisotopic (exact) mass is 285 g/mol. The fraction of sp³-hybridized carbons (Fsp3) is 0.474. The quantitative estimate of drug-likeness (QED) is 0.873. The molecule has 1 unspecified atom stereocenters. The normalized spacial score (nSPS) is 15.1. The van der Waals surface area contributed by atoms with Gasteiger partial charge in [0.15, 0.2) is 0 Å². The molecule has 0 aliphatic carbocycles. The van der Waals surface area contributed by atoms with Gasteiger partial charge in [0.2, 0.25) is 0 Å². The van der Waals surface area contributed by atoms with Crippen LogP contribution in [0.1, 0.15) is 39.7 Å². The predicted octanol–water partition coefficient (Wildman–Crippen LogP) is 3.91. The fourth-order valence-electron chi connectivity index (χ4n) is 2.65. The molecule has 0 bridgehead atoms. The van der Waals surface area contributed by atoms with Gasteiger partial charge in [0.1, 0.15) is 0 Å². The van der Waals surface area contributed by atoms with E-state index in [-0.39, 0.29) is 5.54 Å². The molecular weight excluding hydrogens is 258 g/mol. The lowest BCUT2D eigenvalue weighted by Gasteiger charge is -2.27. The smallest absolute Gasteiger partial charge is 0.0672 e. The van der Waals surface area contributed by atoms with Gasteiger partial charge in [-0.05, 0) is 57.0 Å². The summed E-state index contributed by atoms with van der Waals surface area (Å²) in [6.07, 6.45) is 1.42. The van der Waals surface area contributed by atoms with Gasteiger partial charge < -0.3 is 10.4 Å². The van der Waals surface area contributed by atoms with Crippen LogP contribution in [0.4, 0.5) is 0 Å². The van der Waals surface area contributed by atoms with E-state index in [1.807, 2.05) is 6.92 Å². The van der Waals surface area contributed by atoms with Crippen molar-refractivity contribution in [3.63, 3.8) is 0 Å². The van der Waals surface area contributed by atoms with Crippen LogP contribution < -0.4 is 5.32 Å². The summed E-state index contributed by atoms with van der Waals surface area (Å²) in [5.74, 6) is 0. The average molecular weight is 285 g/mol. The van der Waals surface area contributed by atoms with Crippen LogP contribution in [-0.2, 0) is 6.42 Å². The molecule has 114 valence electrons. The third kappa shape index (κ3) is 4.83. The van der Waals surface area contributed by atoms with Crippen molar-refractivity contribution >= 4 is 10.8 Å². The van der Waals surface area contributed by atoms with Crippen LogP contribution in [0.15, 0.2) is 42.5 Å². The first-order chi connectivity index (χ1) is 9.77. The maximum absolute atomic E-state index is 10.7. The Kier molecular flexibility index (Phi) is 4.70. The Morgan fingerprint density at radius 2 is 1.62 bits per heavy atom. The van der Waals surface area contributed by atoms with Crippen LogP contribution in [0, 0.1) is 0 Å². The minimum Gasteiger partial charge on any atom is -0.390 e. The van der Waals surface area contributed by atoms with E-state index in [0.29, 0.717) is 6.42 Å². The van der Waals surface area contributed by atoms with E-state index in [9.17, 15) is 5.11 Å². The van der Waals surface area contributed by atoms with Gasteiger partial charge in [-0.1, -0.05) is 42.5 Å². The van der Waals surface area contributed by atoms with Crippen molar-refractivity contribution in [3.05, 3.63) is 48.0 Å². The second-order valence-electron chi connectivity index (χ2n) is 7.24. The van der Waals surface area contributed by atoms with E-state index in [0.717, 1.165) is 13.0 Å². The van der Waals surface area contributed by atoms with E-state index in [2.05, 4.69) is 68.6 Å². The van der Waals surface area contributed by atoms with Crippen LogP contribution >= 0.6 is 0 Å². The number of rotatable bonds is 5. The number of nitrogens with one attached hydrogen (secondary N) is 1. The molecule has 0 saturated heterocycles. The highest BCUT2D eigenvalue weighted by Gasteiger charge is 2.22. The molecule has 0 heterocycles. The molecular formula is C19H27NO. The molecule has 2 N–H and O–H groups in total. The molecule has 0 spiro atoms. The summed E-state index contributed by atoms with van der Waals surface area (Å²) in [5, 5.41) is 16.6. The van der Waals surface area contributed by atoms with Gasteiger partial charge >= 0.3 is 0 Å². The SMILES string of the molecule is CC(O)(CCNC(C)(C)C)Cc1cccc2ccccc12. The summed E-state index contributed by atoms with van der Waals surface area (Å²) in [6.45, 7) is 9.19. The molecule has 2 nitrogen and oxygen atoms in total. The van der Waals surface area contributed by atoms with Gasteiger partial charge in [-0.15, -0.1) is 0 Å². The summed E-state index contributed by atoms with van der Waals surface area (Å²) >= 11 is 0. The lowest BCUT2D eigenvalue weighted by atomic mass is 9.90. The largest absolute Gasteiger partial charge is 0.390 e. The van der Waals surface area contributed by atoms with Crippen molar-refractivity contribution in [2.75, 3.05) is 6.54 Å². The first kappa shape index (κ1) is 16.0. The van der Waals surface area contributed by atoms with Gasteiger partial charge in [-0.25, -0.2) is 0 Å². The Hall–Kier alpha value is -1.38. The van der Waals surface area contributed by atoms with Gasteiger partial charge in [0.05, 0.1) is 5.60 Å². The van der Waals surface area contributed by atoms with Crippen LogP contribution in [-0.4, -0.2) is 22.8 Å². The minimum absolute atomic E-state index is 0.0928. The second kappa shape index (κ2) is 6.17. The molecule has 2 aromatic rings. The van der Waals surface area contributed by atoms with Gasteiger partial charge in [0, 0.05) is 12.0 Å². The summed E-state index contributed by atoms with van der Waals surface area (Å²) in [5.41, 5.74) is 0.617. The Morgan fingerprint density at radius 3 is 2.33 bits per heavy atom. The lowest BCUT2D eigenvalue weighted by Crippen LogP contribution is -2.40. The van der Waals surface area contributed by atoms with E-state index in [1.54, 1.807) is 0 Å². The third-order valence-electron chi connectivity index (χ3n) is 3.77. The average Bonchev–Trinajstić information content (AvgIpc) is 2.37. The van der Waals surface area contributed by atoms with Crippen LogP contribution in [0.5, 0.6) is 0 Å². The third-order valence-corrected chi connectivity index (χ3v) is 3.77. The zero-order valence-corrected chi connectivity index (χ0v) is 13.6. The standard InChI is InChI=1S/C19H27NO/c1-18(2,3)20-13-12-19(4,21)14-16-10-7-9-15-8-5-6-11-17(15)16/h5-11,20-21H,12-14H2,1-4H3. The van der Waals surface area contributed by atoms with Crippen molar-refractivity contribution < 1.29 is 5.11 Å². The minimum atomic E-state index is -0.692. The topological polar surface area (TPSA) is 32.3 Å². The summed E-state index contributed by atoms with van der Waals surface area (Å²) in [7, 11) is 0. The molecule has 0 saturated carbocycles. The van der Waals surface area contributed by atoms with Gasteiger partial charge in [-0.2, -0.15) is 0 Å². The molecule has 0 aromatic heterocycles.